The number of aryl methyl sites for hydroxylation is 1. The number of nitrogens with one attached hydrogen (secondary N) is 1. The predicted molar refractivity (Wildman–Crippen MR) is 63.7 cm³/mol. The maximum absolute atomic E-state index is 10.2. The van der Waals surface area contributed by atoms with Crippen LogP contribution in [0.3, 0.4) is 0 Å². The Kier molecular flexibility index (Phi) is 3.46. The van der Waals surface area contributed by atoms with Gasteiger partial charge in [0, 0.05) is 6.54 Å². The zero-order valence-corrected chi connectivity index (χ0v) is 9.70. The molecule has 0 spiro atoms. The van der Waals surface area contributed by atoms with Crippen LogP contribution in [0, 0.1) is 6.92 Å². The van der Waals surface area contributed by atoms with E-state index in [0.717, 1.165) is 25.1 Å². The van der Waals surface area contributed by atoms with Crippen LogP contribution in [0.2, 0.25) is 0 Å². The summed E-state index contributed by atoms with van der Waals surface area (Å²) in [5.41, 5.74) is 0.466. The summed E-state index contributed by atoms with van der Waals surface area (Å²) in [5, 5.41) is 13.4. The molecule has 1 fully saturated rings. The summed E-state index contributed by atoms with van der Waals surface area (Å²) < 4.78 is 5.64. The number of benzene rings is 1. The first-order chi connectivity index (χ1) is 7.68. The molecule has 1 atom stereocenters. The van der Waals surface area contributed by atoms with Gasteiger partial charge in [0.25, 0.3) is 0 Å². The molecule has 0 aliphatic carbocycles. The summed E-state index contributed by atoms with van der Waals surface area (Å²) in [6.45, 7) is 4.01. The lowest BCUT2D eigenvalue weighted by atomic mass is 9.95. The van der Waals surface area contributed by atoms with Gasteiger partial charge in [0.15, 0.2) is 0 Å². The Balaban J connectivity index is 1.91. The van der Waals surface area contributed by atoms with Crippen LogP contribution in [0.4, 0.5) is 0 Å². The van der Waals surface area contributed by atoms with Crippen molar-refractivity contribution in [3.05, 3.63) is 29.8 Å². The molecule has 3 nitrogen and oxygen atoms in total. The highest BCUT2D eigenvalue weighted by Gasteiger charge is 2.29. The molecule has 1 aliphatic heterocycles. The molecule has 0 bridgehead atoms. The summed E-state index contributed by atoms with van der Waals surface area (Å²) in [6.07, 6.45) is 1.82. The van der Waals surface area contributed by atoms with Crippen LogP contribution in [0.25, 0.3) is 0 Å². The maximum atomic E-state index is 10.2. The molecule has 0 amide bonds. The fraction of sp³-hybridized carbons (Fsp3) is 0.538. The fourth-order valence-electron chi connectivity index (χ4n) is 2.00. The van der Waals surface area contributed by atoms with E-state index in [0.29, 0.717) is 13.2 Å². The van der Waals surface area contributed by atoms with Crippen LogP contribution < -0.4 is 10.1 Å². The summed E-state index contributed by atoms with van der Waals surface area (Å²) in [4.78, 5) is 0. The number of ether oxygens (including phenoxy) is 1. The Morgan fingerprint density at radius 1 is 1.50 bits per heavy atom. The van der Waals surface area contributed by atoms with Gasteiger partial charge < -0.3 is 15.2 Å². The van der Waals surface area contributed by atoms with Crippen molar-refractivity contribution in [2.75, 3.05) is 19.7 Å². The zero-order chi connectivity index (χ0) is 11.4. The lowest BCUT2D eigenvalue weighted by molar-refractivity contribution is -0.0230. The summed E-state index contributed by atoms with van der Waals surface area (Å²) in [6, 6.07) is 7.91. The molecule has 1 heterocycles. The van der Waals surface area contributed by atoms with Crippen LogP contribution in [-0.2, 0) is 0 Å². The topological polar surface area (TPSA) is 41.5 Å². The van der Waals surface area contributed by atoms with Crippen molar-refractivity contribution < 1.29 is 9.84 Å². The van der Waals surface area contributed by atoms with E-state index in [4.69, 9.17) is 4.74 Å². The molecule has 2 N–H and O–H groups in total. The third-order valence-corrected chi connectivity index (χ3v) is 2.95. The normalized spacial score (nSPS) is 25.4. The lowest BCUT2D eigenvalue weighted by Gasteiger charge is -2.32. The molecular formula is C13H19NO2. The van der Waals surface area contributed by atoms with E-state index in [2.05, 4.69) is 5.32 Å². The van der Waals surface area contributed by atoms with Gasteiger partial charge in [-0.2, -0.15) is 0 Å². The Labute approximate surface area is 96.4 Å². The summed E-state index contributed by atoms with van der Waals surface area (Å²) in [5.74, 6) is 0.832. The van der Waals surface area contributed by atoms with Gasteiger partial charge >= 0.3 is 0 Å². The molecule has 0 aromatic heterocycles. The van der Waals surface area contributed by atoms with Gasteiger partial charge in [-0.3, -0.25) is 0 Å². The first-order valence-electron chi connectivity index (χ1n) is 5.81. The molecule has 0 saturated carbocycles. The monoisotopic (exact) mass is 221 g/mol. The molecule has 3 heteroatoms. The number of hydrogen-bond acceptors (Lipinski definition) is 3. The second kappa shape index (κ2) is 4.85. The average molecular weight is 221 g/mol. The third-order valence-electron chi connectivity index (χ3n) is 2.95. The Morgan fingerprint density at radius 3 is 3.06 bits per heavy atom. The van der Waals surface area contributed by atoms with Crippen molar-refractivity contribution in [1.82, 2.24) is 5.32 Å². The van der Waals surface area contributed by atoms with Crippen LogP contribution in [0.15, 0.2) is 24.3 Å². The van der Waals surface area contributed by atoms with E-state index >= 15 is 0 Å². The number of aliphatic hydroxyl groups is 1. The molecule has 1 aromatic rings. The second-order valence-electron chi connectivity index (χ2n) is 4.61. The molecule has 1 aromatic carbocycles. The van der Waals surface area contributed by atoms with Crippen LogP contribution >= 0.6 is 0 Å². The minimum absolute atomic E-state index is 0.365. The fourth-order valence-corrected chi connectivity index (χ4v) is 2.00. The van der Waals surface area contributed by atoms with Gasteiger partial charge in [-0.15, -0.1) is 0 Å². The van der Waals surface area contributed by atoms with Crippen molar-refractivity contribution in [1.29, 1.82) is 0 Å². The van der Waals surface area contributed by atoms with Crippen molar-refractivity contribution in [2.24, 2.45) is 0 Å². The second-order valence-corrected chi connectivity index (χ2v) is 4.61. The van der Waals surface area contributed by atoms with Gasteiger partial charge in [-0.25, -0.2) is 0 Å². The zero-order valence-electron chi connectivity index (χ0n) is 9.70. The third kappa shape index (κ3) is 2.97. The minimum atomic E-state index is -0.706. The Bertz CT molecular complexity index is 346. The molecule has 88 valence electrons. The highest BCUT2D eigenvalue weighted by Crippen LogP contribution is 2.19. The van der Waals surface area contributed by atoms with Crippen molar-refractivity contribution in [3.63, 3.8) is 0 Å². The average Bonchev–Trinajstić information content (AvgIpc) is 2.28. The van der Waals surface area contributed by atoms with Gasteiger partial charge in [-0.05, 0) is 44.0 Å². The van der Waals surface area contributed by atoms with Crippen molar-refractivity contribution >= 4 is 0 Å². The van der Waals surface area contributed by atoms with Crippen LogP contribution in [-0.4, -0.2) is 30.4 Å². The first kappa shape index (κ1) is 11.4. The summed E-state index contributed by atoms with van der Waals surface area (Å²) in [7, 11) is 0. The largest absolute Gasteiger partial charge is 0.491 e. The van der Waals surface area contributed by atoms with E-state index in [1.807, 2.05) is 31.2 Å². The van der Waals surface area contributed by atoms with Gasteiger partial charge in [0.05, 0.1) is 0 Å². The minimum Gasteiger partial charge on any atom is -0.491 e. The van der Waals surface area contributed by atoms with Gasteiger partial charge in [0.1, 0.15) is 18.0 Å². The predicted octanol–water partition coefficient (Wildman–Crippen LogP) is 1.49. The highest BCUT2D eigenvalue weighted by molar-refractivity contribution is 5.27. The number of rotatable bonds is 3. The van der Waals surface area contributed by atoms with Crippen LogP contribution in [0.5, 0.6) is 5.75 Å². The number of β-amino-alcohol motifs (C(OH)–C–C–N with tert-alkyl or cyclic N) is 1. The Morgan fingerprint density at radius 2 is 2.38 bits per heavy atom. The number of hydrogen-bond donors (Lipinski definition) is 2. The Hall–Kier alpha value is -1.06. The maximum Gasteiger partial charge on any atom is 0.119 e. The molecule has 1 aliphatic rings. The van der Waals surface area contributed by atoms with E-state index in [1.54, 1.807) is 0 Å². The van der Waals surface area contributed by atoms with Gasteiger partial charge in [-0.1, -0.05) is 12.1 Å². The lowest BCUT2D eigenvalue weighted by Crippen LogP contribution is -2.49. The smallest absolute Gasteiger partial charge is 0.119 e. The molecule has 0 radical (unpaired) electrons. The van der Waals surface area contributed by atoms with Gasteiger partial charge in [0.2, 0.25) is 0 Å². The van der Waals surface area contributed by atoms with E-state index < -0.39 is 5.60 Å². The standard InChI is InChI=1S/C13H19NO2/c1-11-4-2-5-12(8-11)16-10-13(15)6-3-7-14-9-13/h2,4-5,8,14-15H,3,6-7,9-10H2,1H3. The van der Waals surface area contributed by atoms with E-state index in [-0.39, 0.29) is 0 Å². The van der Waals surface area contributed by atoms with E-state index in [9.17, 15) is 5.11 Å². The quantitative estimate of drug-likeness (QED) is 0.812. The molecular weight excluding hydrogens is 202 g/mol. The molecule has 1 saturated heterocycles. The van der Waals surface area contributed by atoms with Crippen LogP contribution in [0.1, 0.15) is 18.4 Å². The molecule has 1 unspecified atom stereocenters. The van der Waals surface area contributed by atoms with Crippen molar-refractivity contribution in [2.45, 2.75) is 25.4 Å². The van der Waals surface area contributed by atoms with E-state index in [1.165, 1.54) is 5.56 Å². The molecule has 2 rings (SSSR count). The first-order valence-corrected chi connectivity index (χ1v) is 5.81. The summed E-state index contributed by atoms with van der Waals surface area (Å²) >= 11 is 0. The molecule has 16 heavy (non-hydrogen) atoms. The highest BCUT2D eigenvalue weighted by atomic mass is 16.5. The SMILES string of the molecule is Cc1cccc(OCC2(O)CCCNC2)c1. The number of piperidine rings is 1. The van der Waals surface area contributed by atoms with Crippen molar-refractivity contribution in [3.8, 4) is 5.75 Å².